The number of rotatable bonds is 3. The molecule has 1 saturated carbocycles. The molecule has 1 aliphatic carbocycles. The zero-order valence-corrected chi connectivity index (χ0v) is 10.9. The van der Waals surface area contributed by atoms with Gasteiger partial charge in [0.1, 0.15) is 6.61 Å². The second-order valence-electron chi connectivity index (χ2n) is 5.66. The lowest BCUT2D eigenvalue weighted by Crippen LogP contribution is -2.29. The second kappa shape index (κ2) is 4.85. The maximum atomic E-state index is 12.0. The Morgan fingerprint density at radius 3 is 2.89 bits per heavy atom. The summed E-state index contributed by atoms with van der Waals surface area (Å²) >= 11 is 0. The monoisotopic (exact) mass is 261 g/mol. The van der Waals surface area contributed by atoms with Gasteiger partial charge in [0, 0.05) is 19.7 Å². The van der Waals surface area contributed by atoms with Crippen molar-refractivity contribution in [1.82, 2.24) is 4.90 Å². The van der Waals surface area contributed by atoms with Gasteiger partial charge in [-0.05, 0) is 29.7 Å². The Bertz CT molecular complexity index is 462. The molecule has 0 radical (unpaired) electrons. The van der Waals surface area contributed by atoms with Crippen molar-refractivity contribution in [3.05, 3.63) is 35.9 Å². The van der Waals surface area contributed by atoms with Crippen molar-refractivity contribution in [2.45, 2.75) is 19.4 Å². The van der Waals surface area contributed by atoms with E-state index in [9.17, 15) is 9.90 Å². The van der Waals surface area contributed by atoms with E-state index in [0.717, 1.165) is 31.5 Å². The maximum Gasteiger partial charge on any atom is 0.410 e. The van der Waals surface area contributed by atoms with Gasteiger partial charge in [0.15, 0.2) is 0 Å². The van der Waals surface area contributed by atoms with Crippen molar-refractivity contribution in [1.29, 1.82) is 0 Å². The molecule has 2 fully saturated rings. The first-order valence-electron chi connectivity index (χ1n) is 6.80. The third kappa shape index (κ3) is 2.45. The molecule has 2 atom stereocenters. The van der Waals surface area contributed by atoms with Crippen LogP contribution in [0.25, 0.3) is 0 Å². The number of carbonyl (C=O) groups is 1. The van der Waals surface area contributed by atoms with Crippen LogP contribution < -0.4 is 0 Å². The molecule has 1 spiro atoms. The molecule has 1 saturated heterocycles. The highest BCUT2D eigenvalue weighted by Crippen LogP contribution is 2.58. The third-order valence-corrected chi connectivity index (χ3v) is 4.43. The minimum absolute atomic E-state index is 0.195. The Labute approximate surface area is 113 Å². The van der Waals surface area contributed by atoms with Crippen LogP contribution in [0.3, 0.4) is 0 Å². The second-order valence-corrected chi connectivity index (χ2v) is 5.66. The lowest BCUT2D eigenvalue weighted by molar-refractivity contribution is 0.102. The molecule has 1 aliphatic heterocycles. The fourth-order valence-electron chi connectivity index (χ4n) is 3.05. The zero-order chi connectivity index (χ0) is 13.3. The standard InChI is InChI=1S/C15H19NO3/c17-9-13-8-15(13)6-7-16(11-15)14(18)19-10-12-4-2-1-3-5-12/h1-5,13,17H,6-11H2/t13-,15+/m1/s1. The van der Waals surface area contributed by atoms with Crippen molar-refractivity contribution in [2.75, 3.05) is 19.7 Å². The van der Waals surface area contributed by atoms with Gasteiger partial charge in [0.25, 0.3) is 0 Å². The fourth-order valence-corrected chi connectivity index (χ4v) is 3.05. The summed E-state index contributed by atoms with van der Waals surface area (Å²) in [4.78, 5) is 13.7. The largest absolute Gasteiger partial charge is 0.445 e. The van der Waals surface area contributed by atoms with Gasteiger partial charge < -0.3 is 14.7 Å². The Hall–Kier alpha value is -1.55. The summed E-state index contributed by atoms with van der Waals surface area (Å²) in [6.07, 6.45) is 1.81. The van der Waals surface area contributed by atoms with Crippen molar-refractivity contribution in [2.24, 2.45) is 11.3 Å². The molecular formula is C15H19NO3. The van der Waals surface area contributed by atoms with Crippen molar-refractivity contribution in [3.63, 3.8) is 0 Å². The molecule has 1 aromatic carbocycles. The summed E-state index contributed by atoms with van der Waals surface area (Å²) in [6.45, 7) is 2.06. The molecule has 0 bridgehead atoms. The van der Waals surface area contributed by atoms with Gasteiger partial charge in [-0.25, -0.2) is 4.79 Å². The average Bonchev–Trinajstić information content (AvgIpc) is 2.96. The molecule has 1 heterocycles. The van der Waals surface area contributed by atoms with Crippen molar-refractivity contribution >= 4 is 6.09 Å². The van der Waals surface area contributed by atoms with E-state index < -0.39 is 0 Å². The molecule has 1 N–H and O–H groups in total. The molecular weight excluding hydrogens is 242 g/mol. The van der Waals surface area contributed by atoms with Gasteiger partial charge in [-0.2, -0.15) is 0 Å². The molecule has 3 rings (SSSR count). The molecule has 2 aliphatic rings. The van der Waals surface area contributed by atoms with Crippen LogP contribution in [-0.4, -0.2) is 35.8 Å². The average molecular weight is 261 g/mol. The highest BCUT2D eigenvalue weighted by molar-refractivity contribution is 5.68. The predicted molar refractivity (Wildman–Crippen MR) is 70.4 cm³/mol. The first kappa shape index (κ1) is 12.5. The summed E-state index contributed by atoms with van der Waals surface area (Å²) in [6, 6.07) is 9.70. The van der Waals surface area contributed by atoms with Gasteiger partial charge in [-0.1, -0.05) is 30.3 Å². The number of ether oxygens (including phenoxy) is 1. The van der Waals surface area contributed by atoms with Gasteiger partial charge in [0.05, 0.1) is 0 Å². The van der Waals surface area contributed by atoms with E-state index in [4.69, 9.17) is 4.74 Å². The van der Waals surface area contributed by atoms with E-state index >= 15 is 0 Å². The summed E-state index contributed by atoms with van der Waals surface area (Å²) in [5.41, 5.74) is 1.20. The number of amides is 1. The minimum Gasteiger partial charge on any atom is -0.445 e. The minimum atomic E-state index is -0.232. The number of hydrogen-bond acceptors (Lipinski definition) is 3. The molecule has 1 amide bonds. The molecule has 102 valence electrons. The number of aliphatic hydroxyl groups is 1. The number of hydrogen-bond donors (Lipinski definition) is 1. The predicted octanol–water partition coefficient (Wildman–Crippen LogP) is 2.03. The number of carbonyl (C=O) groups excluding carboxylic acids is 1. The summed E-state index contributed by atoms with van der Waals surface area (Å²) < 4.78 is 5.33. The normalized spacial score (nSPS) is 28.7. The number of nitrogens with zero attached hydrogens (tertiary/aromatic N) is 1. The van der Waals surface area contributed by atoms with E-state index in [1.165, 1.54) is 0 Å². The van der Waals surface area contributed by atoms with Crippen LogP contribution in [0, 0.1) is 11.3 Å². The van der Waals surface area contributed by atoms with E-state index in [2.05, 4.69) is 0 Å². The number of likely N-dealkylation sites (tertiary alicyclic amines) is 1. The van der Waals surface area contributed by atoms with E-state index in [0.29, 0.717) is 12.5 Å². The summed E-state index contributed by atoms with van der Waals surface area (Å²) in [5, 5.41) is 9.17. The smallest absolute Gasteiger partial charge is 0.410 e. The molecule has 1 aromatic rings. The van der Waals surface area contributed by atoms with Gasteiger partial charge >= 0.3 is 6.09 Å². The molecule has 4 heteroatoms. The Morgan fingerprint density at radius 2 is 2.21 bits per heavy atom. The summed E-state index contributed by atoms with van der Waals surface area (Å²) in [5.74, 6) is 0.388. The van der Waals surface area contributed by atoms with Crippen LogP contribution in [0.5, 0.6) is 0 Å². The van der Waals surface area contributed by atoms with Crippen LogP contribution in [0.2, 0.25) is 0 Å². The molecule has 0 unspecified atom stereocenters. The Kier molecular flexibility index (Phi) is 3.19. The zero-order valence-electron chi connectivity index (χ0n) is 10.9. The number of aliphatic hydroxyl groups excluding tert-OH is 1. The van der Waals surface area contributed by atoms with Crippen LogP contribution >= 0.6 is 0 Å². The topological polar surface area (TPSA) is 49.8 Å². The van der Waals surface area contributed by atoms with E-state index in [1.54, 1.807) is 4.90 Å². The van der Waals surface area contributed by atoms with Crippen LogP contribution in [-0.2, 0) is 11.3 Å². The molecule has 19 heavy (non-hydrogen) atoms. The Balaban J connectivity index is 1.50. The van der Waals surface area contributed by atoms with Crippen molar-refractivity contribution in [3.8, 4) is 0 Å². The lowest BCUT2D eigenvalue weighted by Gasteiger charge is -2.16. The molecule has 4 nitrogen and oxygen atoms in total. The summed E-state index contributed by atoms with van der Waals surface area (Å²) in [7, 11) is 0. The Morgan fingerprint density at radius 1 is 1.42 bits per heavy atom. The van der Waals surface area contributed by atoms with Crippen LogP contribution in [0.15, 0.2) is 30.3 Å². The van der Waals surface area contributed by atoms with Gasteiger partial charge in [-0.3, -0.25) is 0 Å². The first-order chi connectivity index (χ1) is 9.23. The first-order valence-corrected chi connectivity index (χ1v) is 6.80. The molecule has 0 aromatic heterocycles. The lowest BCUT2D eigenvalue weighted by atomic mass is 10.0. The highest BCUT2D eigenvalue weighted by Gasteiger charge is 2.57. The highest BCUT2D eigenvalue weighted by atomic mass is 16.6. The van der Waals surface area contributed by atoms with Crippen molar-refractivity contribution < 1.29 is 14.6 Å². The van der Waals surface area contributed by atoms with E-state index in [-0.39, 0.29) is 18.1 Å². The fraction of sp³-hybridized carbons (Fsp3) is 0.533. The van der Waals surface area contributed by atoms with Gasteiger partial charge in [0.2, 0.25) is 0 Å². The SMILES string of the molecule is O=C(OCc1ccccc1)N1CC[C@]2(C[C@@H]2CO)C1. The van der Waals surface area contributed by atoms with E-state index in [1.807, 2.05) is 30.3 Å². The van der Waals surface area contributed by atoms with Crippen LogP contribution in [0.4, 0.5) is 4.79 Å². The number of benzene rings is 1. The van der Waals surface area contributed by atoms with Gasteiger partial charge in [-0.15, -0.1) is 0 Å². The quantitative estimate of drug-likeness (QED) is 0.905. The maximum absolute atomic E-state index is 12.0. The third-order valence-electron chi connectivity index (χ3n) is 4.43. The van der Waals surface area contributed by atoms with Crippen LogP contribution in [0.1, 0.15) is 18.4 Å².